The minimum atomic E-state index is -0.170. The molecule has 0 atom stereocenters. The van der Waals surface area contributed by atoms with Gasteiger partial charge in [0.05, 0.1) is 14.2 Å². The normalized spacial score (nSPS) is 10.5. The van der Waals surface area contributed by atoms with Gasteiger partial charge in [0.15, 0.2) is 0 Å². The van der Waals surface area contributed by atoms with Crippen LogP contribution in [-0.4, -0.2) is 20.1 Å². The van der Waals surface area contributed by atoms with Gasteiger partial charge in [-0.1, -0.05) is 36.4 Å². The molecule has 114 valence electrons. The van der Waals surface area contributed by atoms with Crippen LogP contribution in [0.3, 0.4) is 0 Å². The molecule has 2 aromatic rings. The second kappa shape index (κ2) is 7.88. The molecule has 0 spiro atoms. The Bertz CT molecular complexity index is 665. The number of rotatable bonds is 6. The van der Waals surface area contributed by atoms with Gasteiger partial charge in [0.25, 0.3) is 0 Å². The van der Waals surface area contributed by atoms with E-state index in [-0.39, 0.29) is 5.91 Å². The van der Waals surface area contributed by atoms with Gasteiger partial charge in [-0.15, -0.1) is 0 Å². The maximum atomic E-state index is 11.9. The molecule has 2 rings (SSSR count). The molecular formula is C18H19NO3. The molecule has 0 unspecified atom stereocenters. The van der Waals surface area contributed by atoms with E-state index in [1.807, 2.05) is 48.5 Å². The Labute approximate surface area is 130 Å². The molecule has 1 amide bonds. The third-order valence-electron chi connectivity index (χ3n) is 3.20. The van der Waals surface area contributed by atoms with E-state index in [1.165, 1.54) is 6.08 Å². The molecule has 0 aromatic heterocycles. The van der Waals surface area contributed by atoms with Crippen molar-refractivity contribution < 1.29 is 14.3 Å². The summed E-state index contributed by atoms with van der Waals surface area (Å²) >= 11 is 0. The van der Waals surface area contributed by atoms with E-state index in [9.17, 15) is 4.79 Å². The fourth-order valence-corrected chi connectivity index (χ4v) is 2.06. The average molecular weight is 297 g/mol. The van der Waals surface area contributed by atoms with E-state index < -0.39 is 0 Å². The molecule has 4 nitrogen and oxygen atoms in total. The lowest BCUT2D eigenvalue weighted by Gasteiger charge is -2.08. The van der Waals surface area contributed by atoms with Crippen LogP contribution >= 0.6 is 0 Å². The zero-order valence-electron chi connectivity index (χ0n) is 12.7. The second-order valence-electron chi connectivity index (χ2n) is 4.60. The number of para-hydroxylation sites is 2. The monoisotopic (exact) mass is 297 g/mol. The summed E-state index contributed by atoms with van der Waals surface area (Å²) in [6.45, 7) is 0.416. The molecule has 0 fully saturated rings. The molecule has 1 N–H and O–H groups in total. The van der Waals surface area contributed by atoms with Crippen molar-refractivity contribution in [1.29, 1.82) is 0 Å². The standard InChI is InChI=1S/C18H19NO3/c1-21-16-9-5-3-7-14(16)11-12-18(20)19-13-15-8-4-6-10-17(15)22-2/h3-12H,13H2,1-2H3,(H,19,20)/b12-11+. The van der Waals surface area contributed by atoms with Crippen LogP contribution < -0.4 is 14.8 Å². The van der Waals surface area contributed by atoms with Crippen LogP contribution in [0.4, 0.5) is 0 Å². The highest BCUT2D eigenvalue weighted by molar-refractivity contribution is 5.92. The Morgan fingerprint density at radius 3 is 2.36 bits per heavy atom. The molecule has 4 heteroatoms. The number of carbonyl (C=O) groups is 1. The van der Waals surface area contributed by atoms with Crippen molar-refractivity contribution in [3.05, 3.63) is 65.7 Å². The smallest absolute Gasteiger partial charge is 0.244 e. The summed E-state index contributed by atoms with van der Waals surface area (Å²) in [5, 5.41) is 2.83. The molecule has 22 heavy (non-hydrogen) atoms. The van der Waals surface area contributed by atoms with E-state index in [0.29, 0.717) is 6.54 Å². The summed E-state index contributed by atoms with van der Waals surface area (Å²) in [6.07, 6.45) is 3.23. The first-order valence-corrected chi connectivity index (χ1v) is 6.95. The lowest BCUT2D eigenvalue weighted by Crippen LogP contribution is -2.20. The van der Waals surface area contributed by atoms with Crippen LogP contribution in [0, 0.1) is 0 Å². The quantitative estimate of drug-likeness (QED) is 0.834. The number of amides is 1. The maximum absolute atomic E-state index is 11.9. The molecule has 0 aliphatic carbocycles. The van der Waals surface area contributed by atoms with Gasteiger partial charge < -0.3 is 14.8 Å². The summed E-state index contributed by atoms with van der Waals surface area (Å²) in [7, 11) is 3.22. The van der Waals surface area contributed by atoms with Crippen molar-refractivity contribution in [2.45, 2.75) is 6.54 Å². The summed E-state index contributed by atoms with van der Waals surface area (Å²) in [6, 6.07) is 15.1. The fourth-order valence-electron chi connectivity index (χ4n) is 2.06. The van der Waals surface area contributed by atoms with Crippen LogP contribution in [0.5, 0.6) is 11.5 Å². The van der Waals surface area contributed by atoms with E-state index in [0.717, 1.165) is 22.6 Å². The lowest BCUT2D eigenvalue weighted by atomic mass is 10.2. The maximum Gasteiger partial charge on any atom is 0.244 e. The highest BCUT2D eigenvalue weighted by Gasteiger charge is 2.03. The Balaban J connectivity index is 1.97. The number of carbonyl (C=O) groups excluding carboxylic acids is 1. The number of hydrogen-bond acceptors (Lipinski definition) is 3. The van der Waals surface area contributed by atoms with Gasteiger partial charge in [0.1, 0.15) is 11.5 Å². The number of nitrogens with one attached hydrogen (secondary N) is 1. The molecular weight excluding hydrogens is 278 g/mol. The van der Waals surface area contributed by atoms with Gasteiger partial charge >= 0.3 is 0 Å². The van der Waals surface area contributed by atoms with Gasteiger partial charge in [-0.05, 0) is 18.2 Å². The Morgan fingerprint density at radius 1 is 1.00 bits per heavy atom. The first-order valence-electron chi connectivity index (χ1n) is 6.95. The zero-order valence-corrected chi connectivity index (χ0v) is 12.7. The molecule has 0 heterocycles. The minimum absolute atomic E-state index is 0.170. The number of methoxy groups -OCH3 is 2. The van der Waals surface area contributed by atoms with Crippen molar-refractivity contribution >= 4 is 12.0 Å². The third kappa shape index (κ3) is 4.12. The van der Waals surface area contributed by atoms with Crippen molar-refractivity contribution in [3.8, 4) is 11.5 Å². The minimum Gasteiger partial charge on any atom is -0.496 e. The predicted octanol–water partition coefficient (Wildman–Crippen LogP) is 3.03. The van der Waals surface area contributed by atoms with E-state index in [4.69, 9.17) is 9.47 Å². The largest absolute Gasteiger partial charge is 0.496 e. The van der Waals surface area contributed by atoms with Crippen molar-refractivity contribution in [2.75, 3.05) is 14.2 Å². The number of hydrogen-bond donors (Lipinski definition) is 1. The van der Waals surface area contributed by atoms with Crippen molar-refractivity contribution in [1.82, 2.24) is 5.32 Å². The molecule has 0 saturated heterocycles. The SMILES string of the molecule is COc1ccccc1/C=C/C(=O)NCc1ccccc1OC. The Morgan fingerprint density at radius 2 is 1.64 bits per heavy atom. The zero-order chi connectivity index (χ0) is 15.8. The highest BCUT2D eigenvalue weighted by Crippen LogP contribution is 2.19. The summed E-state index contributed by atoms with van der Waals surface area (Å²) in [4.78, 5) is 11.9. The molecule has 0 saturated carbocycles. The predicted molar refractivity (Wildman–Crippen MR) is 86.9 cm³/mol. The Hall–Kier alpha value is -2.75. The third-order valence-corrected chi connectivity index (χ3v) is 3.20. The average Bonchev–Trinajstić information content (AvgIpc) is 2.58. The summed E-state index contributed by atoms with van der Waals surface area (Å²) in [5.41, 5.74) is 1.79. The van der Waals surface area contributed by atoms with Crippen molar-refractivity contribution in [2.24, 2.45) is 0 Å². The van der Waals surface area contributed by atoms with Gasteiger partial charge in [-0.25, -0.2) is 0 Å². The molecule has 0 radical (unpaired) electrons. The van der Waals surface area contributed by atoms with Gasteiger partial charge in [0, 0.05) is 23.7 Å². The van der Waals surface area contributed by atoms with Gasteiger partial charge in [-0.2, -0.15) is 0 Å². The first-order chi connectivity index (χ1) is 10.7. The molecule has 2 aromatic carbocycles. The number of ether oxygens (including phenoxy) is 2. The van der Waals surface area contributed by atoms with Gasteiger partial charge in [0.2, 0.25) is 5.91 Å². The summed E-state index contributed by atoms with van der Waals surface area (Å²) in [5.74, 6) is 1.32. The van der Waals surface area contributed by atoms with E-state index >= 15 is 0 Å². The van der Waals surface area contributed by atoms with E-state index in [1.54, 1.807) is 20.3 Å². The van der Waals surface area contributed by atoms with Crippen LogP contribution in [0.2, 0.25) is 0 Å². The van der Waals surface area contributed by atoms with Crippen LogP contribution in [0.15, 0.2) is 54.6 Å². The second-order valence-corrected chi connectivity index (χ2v) is 4.60. The van der Waals surface area contributed by atoms with Crippen LogP contribution in [0.25, 0.3) is 6.08 Å². The Kier molecular flexibility index (Phi) is 5.60. The van der Waals surface area contributed by atoms with Crippen molar-refractivity contribution in [3.63, 3.8) is 0 Å². The molecule has 0 aliphatic heterocycles. The lowest BCUT2D eigenvalue weighted by molar-refractivity contribution is -0.116. The fraction of sp³-hybridized carbons (Fsp3) is 0.167. The van der Waals surface area contributed by atoms with Gasteiger partial charge in [-0.3, -0.25) is 4.79 Å². The number of benzene rings is 2. The highest BCUT2D eigenvalue weighted by atomic mass is 16.5. The van der Waals surface area contributed by atoms with Crippen LogP contribution in [-0.2, 0) is 11.3 Å². The van der Waals surface area contributed by atoms with E-state index in [2.05, 4.69) is 5.32 Å². The molecule has 0 aliphatic rings. The molecule has 0 bridgehead atoms. The summed E-state index contributed by atoms with van der Waals surface area (Å²) < 4.78 is 10.5. The van der Waals surface area contributed by atoms with Crippen LogP contribution in [0.1, 0.15) is 11.1 Å². The first kappa shape index (κ1) is 15.6. The topological polar surface area (TPSA) is 47.6 Å².